The first-order valence-electron chi connectivity index (χ1n) is 5.48. The first kappa shape index (κ1) is 10.9. The predicted molar refractivity (Wildman–Crippen MR) is 61.8 cm³/mol. The lowest BCUT2D eigenvalue weighted by Gasteiger charge is -2.04. The highest BCUT2D eigenvalue weighted by Crippen LogP contribution is 2.10. The molecule has 2 rings (SSSR count). The predicted octanol–water partition coefficient (Wildman–Crippen LogP) is 1.17. The van der Waals surface area contributed by atoms with Gasteiger partial charge in [-0.2, -0.15) is 5.10 Å². The second-order valence-corrected chi connectivity index (χ2v) is 3.90. The first-order chi connectivity index (χ1) is 7.70. The molecule has 0 aromatic carbocycles. The van der Waals surface area contributed by atoms with Gasteiger partial charge in [-0.15, -0.1) is 0 Å². The van der Waals surface area contributed by atoms with Gasteiger partial charge >= 0.3 is 0 Å². The van der Waals surface area contributed by atoms with Crippen LogP contribution >= 0.6 is 0 Å². The van der Waals surface area contributed by atoms with Gasteiger partial charge in [-0.3, -0.25) is 0 Å². The third-order valence-electron chi connectivity index (χ3n) is 2.62. The fraction of sp³-hybridized carbons (Fsp3) is 0.455. The molecular weight excluding hydrogens is 202 g/mol. The van der Waals surface area contributed by atoms with E-state index in [-0.39, 0.29) is 6.04 Å². The van der Waals surface area contributed by atoms with E-state index in [0.29, 0.717) is 0 Å². The lowest BCUT2D eigenvalue weighted by atomic mass is 10.2. The maximum Gasteiger partial charge on any atom is 0.146 e. The summed E-state index contributed by atoms with van der Waals surface area (Å²) in [4.78, 5) is 4.24. The molecule has 0 spiro atoms. The summed E-state index contributed by atoms with van der Waals surface area (Å²) in [7, 11) is 0. The Bertz CT molecular complexity index is 454. The first-order valence-corrected chi connectivity index (χ1v) is 5.48. The smallest absolute Gasteiger partial charge is 0.146 e. The van der Waals surface area contributed by atoms with Crippen LogP contribution in [-0.2, 0) is 13.1 Å². The zero-order valence-corrected chi connectivity index (χ0v) is 9.67. The minimum Gasteiger partial charge on any atom is -0.346 e. The highest BCUT2D eigenvalue weighted by Gasteiger charge is 2.05. The molecule has 5 heteroatoms. The molecule has 2 heterocycles. The van der Waals surface area contributed by atoms with E-state index in [4.69, 9.17) is 5.73 Å². The summed E-state index contributed by atoms with van der Waals surface area (Å²) in [6.07, 6.45) is 5.67. The minimum absolute atomic E-state index is 0.0743. The monoisotopic (exact) mass is 219 g/mol. The van der Waals surface area contributed by atoms with E-state index >= 15 is 0 Å². The highest BCUT2D eigenvalue weighted by atomic mass is 15.3. The number of aryl methyl sites for hydroxylation is 1. The number of hydrogen-bond donors (Lipinski definition) is 1. The number of nitrogens with zero attached hydrogens (tertiary/aromatic N) is 4. The van der Waals surface area contributed by atoms with Crippen LogP contribution in [0.4, 0.5) is 0 Å². The molecular formula is C11H17N5. The Kier molecular flexibility index (Phi) is 3.05. The lowest BCUT2D eigenvalue weighted by Crippen LogP contribution is -2.08. The summed E-state index contributed by atoms with van der Waals surface area (Å²) in [5.41, 5.74) is 6.95. The van der Waals surface area contributed by atoms with Gasteiger partial charge in [0.25, 0.3) is 0 Å². The van der Waals surface area contributed by atoms with Crippen molar-refractivity contribution in [3.8, 4) is 0 Å². The number of aromatic nitrogens is 4. The Morgan fingerprint density at radius 1 is 1.50 bits per heavy atom. The van der Waals surface area contributed by atoms with Crippen LogP contribution in [0.25, 0.3) is 0 Å². The molecule has 1 unspecified atom stereocenters. The van der Waals surface area contributed by atoms with Crippen LogP contribution in [0.1, 0.15) is 31.3 Å². The van der Waals surface area contributed by atoms with E-state index in [1.807, 2.05) is 23.9 Å². The quantitative estimate of drug-likeness (QED) is 0.839. The maximum atomic E-state index is 5.81. The van der Waals surface area contributed by atoms with Crippen LogP contribution in [0, 0.1) is 0 Å². The van der Waals surface area contributed by atoms with E-state index in [2.05, 4.69) is 27.8 Å². The van der Waals surface area contributed by atoms with E-state index < -0.39 is 0 Å². The molecule has 2 aromatic rings. The molecule has 0 saturated carbocycles. The number of hydrogen-bond acceptors (Lipinski definition) is 3. The SMILES string of the molecule is CCn1ncnc1Cn1ccc(C(C)N)c1. The van der Waals surface area contributed by atoms with E-state index in [1.165, 1.54) is 0 Å². The van der Waals surface area contributed by atoms with Gasteiger partial charge in [0.1, 0.15) is 12.2 Å². The summed E-state index contributed by atoms with van der Waals surface area (Å²) >= 11 is 0. The van der Waals surface area contributed by atoms with Crippen LogP contribution in [0.2, 0.25) is 0 Å². The summed E-state index contributed by atoms with van der Waals surface area (Å²) in [5.74, 6) is 0.967. The highest BCUT2D eigenvalue weighted by molar-refractivity contribution is 5.14. The van der Waals surface area contributed by atoms with Crippen molar-refractivity contribution < 1.29 is 0 Å². The fourth-order valence-electron chi connectivity index (χ4n) is 1.67. The molecule has 0 aliphatic rings. The molecule has 2 N–H and O–H groups in total. The van der Waals surface area contributed by atoms with Crippen molar-refractivity contribution in [2.45, 2.75) is 33.0 Å². The van der Waals surface area contributed by atoms with Crippen molar-refractivity contribution in [2.24, 2.45) is 5.73 Å². The van der Waals surface area contributed by atoms with Crippen molar-refractivity contribution in [3.63, 3.8) is 0 Å². The lowest BCUT2D eigenvalue weighted by molar-refractivity contribution is 0.592. The van der Waals surface area contributed by atoms with Crippen LogP contribution < -0.4 is 5.73 Å². The molecule has 0 aliphatic carbocycles. The summed E-state index contributed by atoms with van der Waals surface area (Å²) in [6, 6.07) is 2.11. The van der Waals surface area contributed by atoms with E-state index in [9.17, 15) is 0 Å². The zero-order valence-electron chi connectivity index (χ0n) is 9.67. The van der Waals surface area contributed by atoms with Crippen LogP contribution in [0.5, 0.6) is 0 Å². The fourth-order valence-corrected chi connectivity index (χ4v) is 1.67. The van der Waals surface area contributed by atoms with Gasteiger partial charge in [0.2, 0.25) is 0 Å². The third kappa shape index (κ3) is 2.14. The van der Waals surface area contributed by atoms with Gasteiger partial charge in [-0.1, -0.05) is 0 Å². The van der Waals surface area contributed by atoms with E-state index in [1.54, 1.807) is 6.33 Å². The Hall–Kier alpha value is -1.62. The van der Waals surface area contributed by atoms with Crippen molar-refractivity contribution in [2.75, 3.05) is 0 Å². The molecule has 5 nitrogen and oxygen atoms in total. The number of nitrogens with two attached hydrogens (primary N) is 1. The van der Waals surface area contributed by atoms with Gasteiger partial charge in [-0.05, 0) is 25.5 Å². The van der Waals surface area contributed by atoms with Gasteiger partial charge in [0.05, 0.1) is 6.54 Å². The Morgan fingerprint density at radius 2 is 2.31 bits per heavy atom. The number of rotatable bonds is 4. The molecule has 86 valence electrons. The van der Waals surface area contributed by atoms with Gasteiger partial charge in [0.15, 0.2) is 0 Å². The summed E-state index contributed by atoms with van der Waals surface area (Å²) in [6.45, 7) is 5.62. The maximum absolute atomic E-state index is 5.81. The Labute approximate surface area is 94.9 Å². The topological polar surface area (TPSA) is 61.7 Å². The standard InChI is InChI=1S/C11H17N5/c1-3-16-11(13-8-14-16)7-15-5-4-10(6-15)9(2)12/h4-6,8-9H,3,7,12H2,1-2H3. The summed E-state index contributed by atoms with van der Waals surface area (Å²) < 4.78 is 3.97. The second kappa shape index (κ2) is 4.49. The van der Waals surface area contributed by atoms with Gasteiger partial charge in [-0.25, -0.2) is 9.67 Å². The van der Waals surface area contributed by atoms with Crippen molar-refractivity contribution in [1.29, 1.82) is 0 Å². The molecule has 0 amide bonds. The molecule has 0 aliphatic heterocycles. The molecule has 0 bridgehead atoms. The van der Waals surface area contributed by atoms with Crippen LogP contribution in [0.3, 0.4) is 0 Å². The molecule has 0 radical (unpaired) electrons. The summed E-state index contributed by atoms with van der Waals surface area (Å²) in [5, 5.41) is 4.14. The van der Waals surface area contributed by atoms with Gasteiger partial charge in [0, 0.05) is 25.0 Å². The third-order valence-corrected chi connectivity index (χ3v) is 2.62. The molecule has 0 saturated heterocycles. The molecule has 0 fully saturated rings. The normalized spacial score (nSPS) is 12.9. The van der Waals surface area contributed by atoms with Crippen molar-refractivity contribution >= 4 is 0 Å². The Balaban J connectivity index is 2.14. The second-order valence-electron chi connectivity index (χ2n) is 3.90. The van der Waals surface area contributed by atoms with Crippen LogP contribution in [0.15, 0.2) is 24.8 Å². The van der Waals surface area contributed by atoms with Crippen molar-refractivity contribution in [1.82, 2.24) is 19.3 Å². The van der Waals surface area contributed by atoms with Gasteiger partial charge < -0.3 is 10.3 Å². The molecule has 2 aromatic heterocycles. The zero-order chi connectivity index (χ0) is 11.5. The average Bonchev–Trinajstić information content (AvgIpc) is 2.87. The van der Waals surface area contributed by atoms with E-state index in [0.717, 1.165) is 24.5 Å². The average molecular weight is 219 g/mol. The minimum atomic E-state index is 0.0743. The Morgan fingerprint density at radius 3 is 2.94 bits per heavy atom. The largest absolute Gasteiger partial charge is 0.346 e. The molecule has 16 heavy (non-hydrogen) atoms. The van der Waals surface area contributed by atoms with Crippen LogP contribution in [-0.4, -0.2) is 19.3 Å². The van der Waals surface area contributed by atoms with Crippen molar-refractivity contribution in [3.05, 3.63) is 36.2 Å². The molecule has 1 atom stereocenters.